The fourth-order valence-electron chi connectivity index (χ4n) is 1.26. The average Bonchev–Trinajstić information content (AvgIpc) is 2.18. The van der Waals surface area contributed by atoms with Gasteiger partial charge in [0.05, 0.1) is 5.71 Å². The van der Waals surface area contributed by atoms with E-state index in [1.807, 2.05) is 0 Å². The van der Waals surface area contributed by atoms with Crippen LogP contribution in [0.4, 0.5) is 0 Å². The van der Waals surface area contributed by atoms with E-state index in [1.165, 1.54) is 18.6 Å². The van der Waals surface area contributed by atoms with Crippen LogP contribution in [0.5, 0.6) is 0 Å². The first-order valence-corrected chi connectivity index (χ1v) is 3.44. The summed E-state index contributed by atoms with van der Waals surface area (Å²) >= 11 is 0. The van der Waals surface area contributed by atoms with Crippen LogP contribution in [0.1, 0.15) is 26.2 Å². The molecule has 1 fully saturated rings. The van der Waals surface area contributed by atoms with Gasteiger partial charge in [0.2, 0.25) is 0 Å². The second-order valence-corrected chi connectivity index (χ2v) is 2.56. The second kappa shape index (κ2) is 2.85. The molecule has 1 atom stereocenters. The smallest absolute Gasteiger partial charge is 0.106 e. The molecule has 1 aliphatic carbocycles. The fraction of sp³-hybridized carbons (Fsp3) is 0.857. The predicted molar refractivity (Wildman–Crippen MR) is 37.5 cm³/mol. The molecule has 1 saturated carbocycles. The van der Waals surface area contributed by atoms with E-state index < -0.39 is 0 Å². The van der Waals surface area contributed by atoms with E-state index in [0.29, 0.717) is 5.92 Å². The molecule has 52 valence electrons. The van der Waals surface area contributed by atoms with Gasteiger partial charge >= 0.3 is 0 Å². The van der Waals surface area contributed by atoms with Gasteiger partial charge in [0.15, 0.2) is 0 Å². The van der Waals surface area contributed by atoms with Crippen LogP contribution >= 0.6 is 0 Å². The lowest BCUT2D eigenvalue weighted by Crippen LogP contribution is -2.01. The minimum Gasteiger partial charge on any atom is -0.399 e. The molecule has 0 radical (unpaired) electrons. The van der Waals surface area contributed by atoms with Crippen molar-refractivity contribution in [1.82, 2.24) is 0 Å². The van der Waals surface area contributed by atoms with E-state index in [4.69, 9.17) is 0 Å². The van der Waals surface area contributed by atoms with Crippen LogP contribution in [0.25, 0.3) is 0 Å². The van der Waals surface area contributed by atoms with Gasteiger partial charge in [0, 0.05) is 0 Å². The Kier molecular flexibility index (Phi) is 2.09. The van der Waals surface area contributed by atoms with Gasteiger partial charge in [-0.25, -0.2) is 0 Å². The normalized spacial score (nSPS) is 31.3. The van der Waals surface area contributed by atoms with Gasteiger partial charge in [0.1, 0.15) is 7.11 Å². The van der Waals surface area contributed by atoms with Crippen LogP contribution in [0, 0.1) is 5.92 Å². The molecule has 1 aliphatic rings. The van der Waals surface area contributed by atoms with Gasteiger partial charge < -0.3 is 4.84 Å². The summed E-state index contributed by atoms with van der Waals surface area (Å²) in [4.78, 5) is 4.68. The van der Waals surface area contributed by atoms with Gasteiger partial charge in [-0.2, -0.15) is 0 Å². The number of hydrogen-bond acceptors (Lipinski definition) is 2. The zero-order valence-corrected chi connectivity index (χ0v) is 6.05. The van der Waals surface area contributed by atoms with Crippen molar-refractivity contribution in [2.24, 2.45) is 11.1 Å². The molecule has 0 aromatic carbocycles. The van der Waals surface area contributed by atoms with Crippen molar-refractivity contribution in [2.45, 2.75) is 26.2 Å². The summed E-state index contributed by atoms with van der Waals surface area (Å²) in [5.74, 6) is 0.657. The molecule has 0 heterocycles. The third-order valence-corrected chi connectivity index (χ3v) is 1.85. The van der Waals surface area contributed by atoms with E-state index >= 15 is 0 Å². The first kappa shape index (κ1) is 6.59. The molecule has 2 nitrogen and oxygen atoms in total. The molecule has 0 aromatic heterocycles. The second-order valence-electron chi connectivity index (χ2n) is 2.56. The molecular formula is C7H13NO. The number of oxime groups is 1. The van der Waals surface area contributed by atoms with Crippen molar-refractivity contribution in [1.29, 1.82) is 0 Å². The molecule has 0 N–H and O–H groups in total. The maximum Gasteiger partial charge on any atom is 0.106 e. The minimum atomic E-state index is 0.657. The highest BCUT2D eigenvalue weighted by atomic mass is 16.6. The maximum absolute atomic E-state index is 4.68. The molecular weight excluding hydrogens is 114 g/mol. The largest absolute Gasteiger partial charge is 0.399 e. The van der Waals surface area contributed by atoms with Crippen LogP contribution in [0.15, 0.2) is 5.16 Å². The van der Waals surface area contributed by atoms with Gasteiger partial charge in [-0.05, 0) is 25.2 Å². The van der Waals surface area contributed by atoms with Crippen molar-refractivity contribution in [3.05, 3.63) is 0 Å². The Balaban J connectivity index is 2.48. The Morgan fingerprint density at radius 3 is 2.89 bits per heavy atom. The first-order valence-electron chi connectivity index (χ1n) is 3.44. The van der Waals surface area contributed by atoms with Gasteiger partial charge in [0.25, 0.3) is 0 Å². The lowest BCUT2D eigenvalue weighted by Gasteiger charge is -1.99. The van der Waals surface area contributed by atoms with E-state index in [-0.39, 0.29) is 0 Å². The Morgan fingerprint density at radius 1 is 1.67 bits per heavy atom. The quantitative estimate of drug-likeness (QED) is 0.492. The van der Waals surface area contributed by atoms with Crippen molar-refractivity contribution in [3.8, 4) is 0 Å². The molecule has 1 rings (SSSR count). The summed E-state index contributed by atoms with van der Waals surface area (Å²) in [7, 11) is 1.61. The van der Waals surface area contributed by atoms with Crippen LogP contribution in [0.3, 0.4) is 0 Å². The SMILES string of the molecule is CON=C1CCCC1C. The van der Waals surface area contributed by atoms with E-state index in [1.54, 1.807) is 7.11 Å². The van der Waals surface area contributed by atoms with Crippen molar-refractivity contribution in [2.75, 3.05) is 7.11 Å². The van der Waals surface area contributed by atoms with Crippen LogP contribution < -0.4 is 0 Å². The van der Waals surface area contributed by atoms with Crippen molar-refractivity contribution >= 4 is 5.71 Å². The predicted octanol–water partition coefficient (Wildman–Crippen LogP) is 1.81. The molecule has 0 bridgehead atoms. The standard InChI is InChI=1S/C7H13NO/c1-6-4-3-5-7(6)8-9-2/h6H,3-5H2,1-2H3. The zero-order chi connectivity index (χ0) is 6.69. The number of hydrogen-bond donors (Lipinski definition) is 0. The van der Waals surface area contributed by atoms with Crippen molar-refractivity contribution in [3.63, 3.8) is 0 Å². The van der Waals surface area contributed by atoms with E-state index in [9.17, 15) is 0 Å². The van der Waals surface area contributed by atoms with Crippen LogP contribution in [-0.2, 0) is 4.84 Å². The molecule has 0 saturated heterocycles. The summed E-state index contributed by atoms with van der Waals surface area (Å²) in [6.45, 7) is 2.20. The number of nitrogens with zero attached hydrogens (tertiary/aromatic N) is 1. The monoisotopic (exact) mass is 127 g/mol. The highest BCUT2D eigenvalue weighted by Crippen LogP contribution is 2.21. The summed E-state index contributed by atoms with van der Waals surface area (Å²) < 4.78 is 0. The fourth-order valence-corrected chi connectivity index (χ4v) is 1.26. The molecule has 0 spiro atoms. The zero-order valence-electron chi connectivity index (χ0n) is 6.05. The third kappa shape index (κ3) is 1.44. The van der Waals surface area contributed by atoms with Gasteiger partial charge in [-0.3, -0.25) is 0 Å². The van der Waals surface area contributed by atoms with Crippen LogP contribution in [0.2, 0.25) is 0 Å². The summed E-state index contributed by atoms with van der Waals surface area (Å²) in [6, 6.07) is 0. The molecule has 9 heavy (non-hydrogen) atoms. The molecule has 0 aromatic rings. The maximum atomic E-state index is 4.68. The van der Waals surface area contributed by atoms with E-state index in [2.05, 4.69) is 16.9 Å². The lowest BCUT2D eigenvalue weighted by molar-refractivity contribution is 0.211. The topological polar surface area (TPSA) is 21.6 Å². The third-order valence-electron chi connectivity index (χ3n) is 1.85. The molecule has 0 aliphatic heterocycles. The van der Waals surface area contributed by atoms with Crippen molar-refractivity contribution < 1.29 is 4.84 Å². The Labute approximate surface area is 55.9 Å². The number of rotatable bonds is 1. The van der Waals surface area contributed by atoms with Gasteiger partial charge in [-0.1, -0.05) is 12.1 Å². The molecule has 1 unspecified atom stereocenters. The average molecular weight is 127 g/mol. The van der Waals surface area contributed by atoms with E-state index in [0.717, 1.165) is 6.42 Å². The summed E-state index contributed by atoms with van der Waals surface area (Å²) in [5, 5.41) is 3.92. The molecule has 2 heteroatoms. The first-order chi connectivity index (χ1) is 4.34. The Hall–Kier alpha value is -0.530. The lowest BCUT2D eigenvalue weighted by atomic mass is 10.1. The minimum absolute atomic E-state index is 0.657. The summed E-state index contributed by atoms with van der Waals surface area (Å²) in [6.07, 6.45) is 3.70. The molecule has 0 amide bonds. The van der Waals surface area contributed by atoms with Gasteiger partial charge in [-0.15, -0.1) is 0 Å². The highest BCUT2D eigenvalue weighted by molar-refractivity contribution is 5.87. The highest BCUT2D eigenvalue weighted by Gasteiger charge is 2.17. The Morgan fingerprint density at radius 2 is 2.44 bits per heavy atom. The van der Waals surface area contributed by atoms with Crippen LogP contribution in [-0.4, -0.2) is 12.8 Å². The summed E-state index contributed by atoms with van der Waals surface area (Å²) in [5.41, 5.74) is 1.23. The Bertz CT molecular complexity index is 120.